The number of nitrogens with one attached hydrogen (secondary N) is 2. The molecule has 0 saturated heterocycles. The highest BCUT2D eigenvalue weighted by Crippen LogP contribution is 1.97. The van der Waals surface area contributed by atoms with Crippen molar-refractivity contribution in [1.82, 2.24) is 0 Å². The molecule has 0 amide bonds. The molecule has 8 heavy (non-hydrogen) atoms. The average Bonchev–Trinajstić information content (AvgIpc) is 1.90. The van der Waals surface area contributed by atoms with Crippen LogP contribution in [0.15, 0.2) is 24.5 Å². The van der Waals surface area contributed by atoms with E-state index in [2.05, 4.69) is 10.3 Å². The van der Waals surface area contributed by atoms with Gasteiger partial charge in [-0.2, -0.15) is 0 Å². The maximum atomic E-state index is 3.01. The van der Waals surface area contributed by atoms with Gasteiger partial charge < -0.3 is 5.32 Å². The Bertz CT molecular complexity index is 148. The summed E-state index contributed by atoms with van der Waals surface area (Å²) in [6.45, 7) is 0. The number of aromatic amines is 1. The molecule has 1 aromatic rings. The van der Waals surface area contributed by atoms with Gasteiger partial charge in [0.1, 0.15) is 0 Å². The number of aromatic nitrogens is 1. The normalized spacial score (nSPS) is 8.62. The number of hydrogen-bond donors (Lipinski definition) is 1. The summed E-state index contributed by atoms with van der Waals surface area (Å²) in [6, 6.07) is 3.94. The molecule has 0 spiro atoms. The van der Waals surface area contributed by atoms with Crippen molar-refractivity contribution in [2.75, 3.05) is 12.4 Å². The Balaban J connectivity index is 2.83. The minimum absolute atomic E-state index is 1.13. The Labute approximate surface area is 48.6 Å². The molecule has 1 rings (SSSR count). The minimum Gasteiger partial charge on any atom is -0.388 e. The van der Waals surface area contributed by atoms with Crippen LogP contribution in [0.3, 0.4) is 0 Å². The van der Waals surface area contributed by atoms with E-state index in [0.717, 1.165) is 5.69 Å². The Kier molecular flexibility index (Phi) is 1.47. The fourth-order valence-electron chi connectivity index (χ4n) is 0.554. The van der Waals surface area contributed by atoms with Gasteiger partial charge in [-0.1, -0.05) is 0 Å². The monoisotopic (exact) mass is 109 g/mol. The van der Waals surface area contributed by atoms with E-state index in [1.807, 2.05) is 31.6 Å². The maximum absolute atomic E-state index is 3.01. The smallest absolute Gasteiger partial charge is 0.169 e. The zero-order valence-corrected chi connectivity index (χ0v) is 4.81. The molecule has 0 atom stereocenters. The van der Waals surface area contributed by atoms with Crippen LogP contribution in [-0.2, 0) is 0 Å². The fraction of sp³-hybridized carbons (Fsp3) is 0.167. The molecular formula is C6H9N2+. The van der Waals surface area contributed by atoms with Gasteiger partial charge in [0.2, 0.25) is 0 Å². The number of anilines is 1. The first-order valence-corrected chi connectivity index (χ1v) is 2.57. The maximum Gasteiger partial charge on any atom is 0.169 e. The van der Waals surface area contributed by atoms with Gasteiger partial charge in [0.25, 0.3) is 0 Å². The van der Waals surface area contributed by atoms with Crippen LogP contribution in [0.4, 0.5) is 5.69 Å². The summed E-state index contributed by atoms with van der Waals surface area (Å²) in [4.78, 5) is 2.93. The molecule has 0 aromatic carbocycles. The van der Waals surface area contributed by atoms with Crippen molar-refractivity contribution in [3.8, 4) is 0 Å². The number of pyridine rings is 1. The Morgan fingerprint density at radius 3 is 2.38 bits per heavy atom. The van der Waals surface area contributed by atoms with E-state index in [0.29, 0.717) is 0 Å². The fourth-order valence-corrected chi connectivity index (χ4v) is 0.554. The van der Waals surface area contributed by atoms with Gasteiger partial charge in [0.05, 0.1) is 0 Å². The van der Waals surface area contributed by atoms with Gasteiger partial charge in [-0.05, 0) is 0 Å². The summed E-state index contributed by atoms with van der Waals surface area (Å²) >= 11 is 0. The summed E-state index contributed by atoms with van der Waals surface area (Å²) in [5, 5.41) is 3.01. The molecule has 2 heteroatoms. The predicted octanol–water partition coefficient (Wildman–Crippen LogP) is 0.542. The Hall–Kier alpha value is -1.05. The number of hydrogen-bond acceptors (Lipinski definition) is 1. The summed E-state index contributed by atoms with van der Waals surface area (Å²) in [6.07, 6.45) is 3.76. The summed E-state index contributed by atoms with van der Waals surface area (Å²) in [7, 11) is 1.90. The Morgan fingerprint density at radius 2 is 2.00 bits per heavy atom. The lowest BCUT2D eigenvalue weighted by molar-refractivity contribution is -0.377. The van der Waals surface area contributed by atoms with E-state index < -0.39 is 0 Å². The van der Waals surface area contributed by atoms with Gasteiger partial charge in [-0.25, -0.2) is 4.98 Å². The molecule has 0 aliphatic carbocycles. The first-order valence-electron chi connectivity index (χ1n) is 2.57. The average molecular weight is 109 g/mol. The molecule has 0 unspecified atom stereocenters. The molecule has 2 nitrogen and oxygen atoms in total. The zero-order chi connectivity index (χ0) is 5.82. The first kappa shape index (κ1) is 5.09. The molecule has 2 N–H and O–H groups in total. The summed E-state index contributed by atoms with van der Waals surface area (Å²) in [5.74, 6) is 0. The minimum atomic E-state index is 1.13. The topological polar surface area (TPSA) is 26.2 Å². The standard InChI is InChI=1S/C6H8N2/c1-7-6-2-4-8-5-3-6/h2-5H,1H3,(H,7,8)/p+1. The van der Waals surface area contributed by atoms with Gasteiger partial charge in [0.15, 0.2) is 12.4 Å². The molecule has 0 fully saturated rings. The first-order chi connectivity index (χ1) is 3.93. The van der Waals surface area contributed by atoms with Crippen LogP contribution in [0, 0.1) is 0 Å². The predicted molar refractivity (Wildman–Crippen MR) is 32.5 cm³/mol. The van der Waals surface area contributed by atoms with E-state index in [9.17, 15) is 0 Å². The van der Waals surface area contributed by atoms with Crippen molar-refractivity contribution in [3.63, 3.8) is 0 Å². The van der Waals surface area contributed by atoms with Crippen molar-refractivity contribution in [2.45, 2.75) is 0 Å². The van der Waals surface area contributed by atoms with Gasteiger partial charge >= 0.3 is 0 Å². The SMILES string of the molecule is CNc1cc[nH+]cc1. The van der Waals surface area contributed by atoms with Crippen molar-refractivity contribution in [1.29, 1.82) is 0 Å². The second-order valence-corrected chi connectivity index (χ2v) is 1.54. The number of rotatable bonds is 1. The molecular weight excluding hydrogens is 100 g/mol. The lowest BCUT2D eigenvalue weighted by Crippen LogP contribution is -1.98. The van der Waals surface area contributed by atoms with Crippen molar-refractivity contribution >= 4 is 5.69 Å². The lowest BCUT2D eigenvalue weighted by Gasteiger charge is -1.90. The van der Waals surface area contributed by atoms with Crippen LogP contribution in [0.5, 0.6) is 0 Å². The summed E-state index contributed by atoms with van der Waals surface area (Å²) in [5.41, 5.74) is 1.13. The highest BCUT2D eigenvalue weighted by Gasteiger charge is 1.83. The quantitative estimate of drug-likeness (QED) is 0.559. The number of H-pyrrole nitrogens is 1. The van der Waals surface area contributed by atoms with E-state index in [4.69, 9.17) is 0 Å². The van der Waals surface area contributed by atoms with Crippen LogP contribution in [-0.4, -0.2) is 7.05 Å². The third-order valence-electron chi connectivity index (χ3n) is 1.01. The molecule has 1 aromatic heterocycles. The van der Waals surface area contributed by atoms with Gasteiger partial charge in [-0.15, -0.1) is 0 Å². The zero-order valence-electron chi connectivity index (χ0n) is 4.81. The van der Waals surface area contributed by atoms with Crippen LogP contribution in [0.1, 0.15) is 0 Å². The summed E-state index contributed by atoms with van der Waals surface area (Å²) < 4.78 is 0. The molecule has 0 aliphatic rings. The highest BCUT2D eigenvalue weighted by atomic mass is 14.8. The van der Waals surface area contributed by atoms with Crippen LogP contribution < -0.4 is 10.3 Å². The van der Waals surface area contributed by atoms with Gasteiger partial charge in [-0.3, -0.25) is 0 Å². The van der Waals surface area contributed by atoms with Gasteiger partial charge in [0, 0.05) is 24.9 Å². The third kappa shape index (κ3) is 0.964. The third-order valence-corrected chi connectivity index (χ3v) is 1.01. The molecule has 0 saturated carbocycles. The van der Waals surface area contributed by atoms with E-state index in [-0.39, 0.29) is 0 Å². The van der Waals surface area contributed by atoms with Crippen LogP contribution in [0.25, 0.3) is 0 Å². The lowest BCUT2D eigenvalue weighted by atomic mass is 10.4. The van der Waals surface area contributed by atoms with E-state index in [1.165, 1.54) is 0 Å². The Morgan fingerprint density at radius 1 is 1.38 bits per heavy atom. The second-order valence-electron chi connectivity index (χ2n) is 1.54. The molecule has 1 heterocycles. The molecule has 42 valence electrons. The van der Waals surface area contributed by atoms with Crippen molar-refractivity contribution in [3.05, 3.63) is 24.5 Å². The largest absolute Gasteiger partial charge is 0.388 e. The molecule has 0 bridgehead atoms. The van der Waals surface area contributed by atoms with Crippen molar-refractivity contribution in [2.24, 2.45) is 0 Å². The van der Waals surface area contributed by atoms with Crippen LogP contribution >= 0.6 is 0 Å². The van der Waals surface area contributed by atoms with E-state index in [1.54, 1.807) is 0 Å². The van der Waals surface area contributed by atoms with E-state index >= 15 is 0 Å². The highest BCUT2D eigenvalue weighted by molar-refractivity contribution is 5.38. The van der Waals surface area contributed by atoms with Crippen molar-refractivity contribution < 1.29 is 4.98 Å². The van der Waals surface area contributed by atoms with Crippen LogP contribution in [0.2, 0.25) is 0 Å². The second kappa shape index (κ2) is 2.31. The molecule has 0 radical (unpaired) electrons. The molecule has 0 aliphatic heterocycles.